The van der Waals surface area contributed by atoms with Crippen molar-refractivity contribution >= 4 is 34.5 Å². The Labute approximate surface area is 193 Å². The summed E-state index contributed by atoms with van der Waals surface area (Å²) in [5, 5.41) is 2.52. The van der Waals surface area contributed by atoms with Gasteiger partial charge in [0.25, 0.3) is 6.01 Å². The zero-order valence-corrected chi connectivity index (χ0v) is 19.3. The van der Waals surface area contributed by atoms with Crippen molar-refractivity contribution < 1.29 is 27.5 Å². The van der Waals surface area contributed by atoms with Gasteiger partial charge in [0, 0.05) is 24.7 Å². The SMILES string of the molecule is CC(C)(C)OC(=O)N1C2CCC1CN(c1nc3c(OC(F)F)ccc(-c4nccs4)c3o1)C2. The van der Waals surface area contributed by atoms with Gasteiger partial charge in [-0.05, 0) is 45.7 Å². The van der Waals surface area contributed by atoms with Crippen LogP contribution in [0.3, 0.4) is 0 Å². The number of thiazole rings is 1. The van der Waals surface area contributed by atoms with Gasteiger partial charge < -0.3 is 18.8 Å². The molecule has 0 N–H and O–H groups in total. The second-order valence-corrected chi connectivity index (χ2v) is 10.1. The van der Waals surface area contributed by atoms with Crippen LogP contribution in [0, 0.1) is 0 Å². The monoisotopic (exact) mass is 478 g/mol. The fourth-order valence-corrected chi connectivity index (χ4v) is 5.16. The summed E-state index contributed by atoms with van der Waals surface area (Å²) in [5.74, 6) is -0.0503. The molecule has 3 aromatic rings. The molecule has 1 amide bonds. The number of piperazine rings is 1. The number of hydrogen-bond acceptors (Lipinski definition) is 8. The van der Waals surface area contributed by atoms with Crippen LogP contribution in [0.25, 0.3) is 21.7 Å². The predicted octanol–water partition coefficient (Wildman–Crippen LogP) is 5.14. The van der Waals surface area contributed by atoms with Crippen molar-refractivity contribution in [1.82, 2.24) is 14.9 Å². The number of anilines is 1. The van der Waals surface area contributed by atoms with Crippen molar-refractivity contribution in [2.24, 2.45) is 0 Å². The maximum absolute atomic E-state index is 13.0. The van der Waals surface area contributed by atoms with Crippen LogP contribution in [0.1, 0.15) is 33.6 Å². The van der Waals surface area contributed by atoms with Crippen LogP contribution in [0.15, 0.2) is 28.1 Å². The molecular formula is C22H24F2N4O4S. The number of rotatable bonds is 4. The Kier molecular flexibility index (Phi) is 5.38. The van der Waals surface area contributed by atoms with E-state index in [9.17, 15) is 13.6 Å². The highest BCUT2D eigenvalue weighted by Gasteiger charge is 2.45. The Morgan fingerprint density at radius 1 is 1.24 bits per heavy atom. The molecule has 33 heavy (non-hydrogen) atoms. The minimum absolute atomic E-state index is 0.0381. The number of halogens is 2. The Bertz CT molecular complexity index is 1150. The highest BCUT2D eigenvalue weighted by atomic mass is 32.1. The Morgan fingerprint density at radius 3 is 2.58 bits per heavy atom. The van der Waals surface area contributed by atoms with E-state index in [1.165, 1.54) is 17.4 Å². The highest BCUT2D eigenvalue weighted by molar-refractivity contribution is 7.13. The smallest absolute Gasteiger partial charge is 0.410 e. The van der Waals surface area contributed by atoms with E-state index in [2.05, 4.69) is 14.7 Å². The number of aromatic nitrogens is 2. The topological polar surface area (TPSA) is 80.9 Å². The van der Waals surface area contributed by atoms with Crippen molar-refractivity contribution in [3.8, 4) is 16.3 Å². The molecule has 2 aromatic heterocycles. The molecule has 0 spiro atoms. The molecule has 8 nitrogen and oxygen atoms in total. The lowest BCUT2D eigenvalue weighted by atomic mass is 10.2. The van der Waals surface area contributed by atoms with Crippen molar-refractivity contribution in [2.75, 3.05) is 18.0 Å². The lowest BCUT2D eigenvalue weighted by Gasteiger charge is -2.40. The third-order valence-electron chi connectivity index (χ3n) is 5.73. The second-order valence-electron chi connectivity index (χ2n) is 9.18. The number of ether oxygens (including phenoxy) is 2. The number of benzene rings is 1. The summed E-state index contributed by atoms with van der Waals surface area (Å²) >= 11 is 1.41. The van der Waals surface area contributed by atoms with Crippen LogP contribution in [0.4, 0.5) is 19.6 Å². The van der Waals surface area contributed by atoms with Crippen molar-refractivity contribution in [3.63, 3.8) is 0 Å². The molecule has 4 heterocycles. The third-order valence-corrected chi connectivity index (χ3v) is 6.54. The summed E-state index contributed by atoms with van der Waals surface area (Å²) in [4.78, 5) is 25.4. The van der Waals surface area contributed by atoms with Gasteiger partial charge in [0.1, 0.15) is 10.6 Å². The molecule has 0 saturated carbocycles. The quantitative estimate of drug-likeness (QED) is 0.514. The first-order valence-electron chi connectivity index (χ1n) is 10.7. The Hall–Kier alpha value is -2.95. The molecule has 2 saturated heterocycles. The van der Waals surface area contributed by atoms with E-state index in [0.717, 1.165) is 12.8 Å². The molecule has 2 fully saturated rings. The maximum atomic E-state index is 13.0. The van der Waals surface area contributed by atoms with Gasteiger partial charge in [0.15, 0.2) is 16.8 Å². The van der Waals surface area contributed by atoms with Gasteiger partial charge in [-0.15, -0.1) is 11.3 Å². The third kappa shape index (κ3) is 4.21. The van der Waals surface area contributed by atoms with Crippen LogP contribution in [-0.2, 0) is 4.74 Å². The molecule has 1 aromatic carbocycles. The van der Waals surface area contributed by atoms with Gasteiger partial charge in [-0.25, -0.2) is 9.78 Å². The van der Waals surface area contributed by atoms with E-state index in [4.69, 9.17) is 9.15 Å². The van der Waals surface area contributed by atoms with Gasteiger partial charge in [0.2, 0.25) is 0 Å². The van der Waals surface area contributed by atoms with E-state index in [-0.39, 0.29) is 29.4 Å². The Balaban J connectivity index is 1.46. The fraction of sp³-hybridized carbons (Fsp3) is 0.500. The average molecular weight is 479 g/mol. The van der Waals surface area contributed by atoms with Gasteiger partial charge in [-0.1, -0.05) is 0 Å². The first-order valence-corrected chi connectivity index (χ1v) is 11.6. The largest absolute Gasteiger partial charge is 0.444 e. The van der Waals surface area contributed by atoms with E-state index in [0.29, 0.717) is 35.3 Å². The molecule has 176 valence electrons. The van der Waals surface area contributed by atoms with E-state index in [1.54, 1.807) is 12.3 Å². The zero-order chi connectivity index (χ0) is 23.3. The number of nitrogens with zero attached hydrogens (tertiary/aromatic N) is 4. The summed E-state index contributed by atoms with van der Waals surface area (Å²) in [7, 11) is 0. The van der Waals surface area contributed by atoms with Gasteiger partial charge >= 0.3 is 12.7 Å². The zero-order valence-electron chi connectivity index (χ0n) is 18.5. The summed E-state index contributed by atoms with van der Waals surface area (Å²) in [6.07, 6.45) is 3.06. The van der Waals surface area contributed by atoms with Crippen LogP contribution < -0.4 is 9.64 Å². The normalized spacial score (nSPS) is 20.7. The van der Waals surface area contributed by atoms with Gasteiger partial charge in [0.05, 0.1) is 17.6 Å². The summed E-state index contributed by atoms with van der Waals surface area (Å²) < 4.78 is 42.3. The van der Waals surface area contributed by atoms with Gasteiger partial charge in [-0.3, -0.25) is 4.90 Å². The molecule has 0 aliphatic carbocycles. The van der Waals surface area contributed by atoms with Gasteiger partial charge in [-0.2, -0.15) is 13.8 Å². The number of fused-ring (bicyclic) bond motifs is 3. The van der Waals surface area contributed by atoms with Crippen LogP contribution in [0.5, 0.6) is 5.75 Å². The van der Waals surface area contributed by atoms with Crippen LogP contribution in [-0.4, -0.2) is 58.3 Å². The van der Waals surface area contributed by atoms with Crippen molar-refractivity contribution in [2.45, 2.75) is 57.9 Å². The van der Waals surface area contributed by atoms with E-state index in [1.807, 2.05) is 36.0 Å². The number of carbonyl (C=O) groups excluding carboxylic acids is 1. The van der Waals surface area contributed by atoms with E-state index >= 15 is 0 Å². The molecule has 0 radical (unpaired) electrons. The molecule has 2 atom stereocenters. The number of amides is 1. The second kappa shape index (κ2) is 8.12. The summed E-state index contributed by atoms with van der Waals surface area (Å²) in [6.45, 7) is 3.59. The minimum atomic E-state index is -2.98. The molecule has 11 heteroatoms. The first-order chi connectivity index (χ1) is 15.7. The highest BCUT2D eigenvalue weighted by Crippen LogP contribution is 2.40. The minimum Gasteiger partial charge on any atom is -0.444 e. The fourth-order valence-electron chi connectivity index (χ4n) is 4.50. The number of oxazole rings is 1. The molecule has 2 aliphatic rings. The first kappa shape index (κ1) is 21.9. The maximum Gasteiger partial charge on any atom is 0.410 e. The average Bonchev–Trinajstić information content (AvgIpc) is 3.45. The molecule has 5 rings (SSSR count). The lowest BCUT2D eigenvalue weighted by molar-refractivity contribution is -0.0489. The number of hydrogen-bond donors (Lipinski definition) is 0. The summed E-state index contributed by atoms with van der Waals surface area (Å²) in [5.41, 5.74) is 0.664. The number of carbonyl (C=O) groups is 1. The summed E-state index contributed by atoms with van der Waals surface area (Å²) in [6, 6.07) is 3.35. The molecule has 2 aliphatic heterocycles. The lowest BCUT2D eigenvalue weighted by Crippen LogP contribution is -2.56. The Morgan fingerprint density at radius 2 is 1.97 bits per heavy atom. The standard InChI is InChI=1S/C22H24F2N4O4S/c1-22(2,3)32-21(29)28-12-4-5-13(28)11-27(10-12)20-26-16-15(30-19(23)24)7-6-14(17(16)31-20)18-25-8-9-33-18/h6-9,12-13,19H,4-5,10-11H2,1-3H3. The molecular weight excluding hydrogens is 454 g/mol. The molecule has 2 bridgehead atoms. The predicted molar refractivity (Wildman–Crippen MR) is 119 cm³/mol. The van der Waals surface area contributed by atoms with Crippen LogP contribution in [0.2, 0.25) is 0 Å². The van der Waals surface area contributed by atoms with E-state index < -0.39 is 12.2 Å². The van der Waals surface area contributed by atoms with Crippen molar-refractivity contribution in [3.05, 3.63) is 23.7 Å². The molecule has 2 unspecified atom stereocenters. The van der Waals surface area contributed by atoms with Crippen LogP contribution >= 0.6 is 11.3 Å². The number of alkyl halides is 2. The van der Waals surface area contributed by atoms with Crippen molar-refractivity contribution in [1.29, 1.82) is 0 Å².